The Morgan fingerprint density at radius 1 is 1.14 bits per heavy atom. The molecule has 1 saturated carbocycles. The molecule has 118 valence electrons. The predicted molar refractivity (Wildman–Crippen MR) is 76.9 cm³/mol. The average molecular weight is 336 g/mol. The highest BCUT2D eigenvalue weighted by atomic mass is 31.2. The second-order valence-corrected chi connectivity index (χ2v) is 6.81. The molecule has 1 aliphatic carbocycles. The Kier molecular flexibility index (Phi) is 5.60. The molecule has 1 aromatic carbocycles. The van der Waals surface area contributed by atoms with Crippen LogP contribution in [0.1, 0.15) is 43.6 Å². The molecule has 0 unspecified atom stereocenters. The Bertz CT molecular complexity index is 522. The number of hydrogen-bond donors (Lipinski definition) is 4. The SMILES string of the molecule is O=P(O)(O)Oc1ccc(C2CCCCC2)c(OP(O)O)c1. The largest absolute Gasteiger partial charge is 0.524 e. The highest BCUT2D eigenvalue weighted by Gasteiger charge is 2.23. The fourth-order valence-corrected chi connectivity index (χ4v) is 3.35. The number of benzene rings is 1. The molecule has 0 spiro atoms. The van der Waals surface area contributed by atoms with Crippen molar-refractivity contribution in [2.45, 2.75) is 38.0 Å². The van der Waals surface area contributed by atoms with Gasteiger partial charge in [-0.05, 0) is 30.4 Å². The maximum atomic E-state index is 10.9. The van der Waals surface area contributed by atoms with E-state index in [0.717, 1.165) is 31.2 Å². The molecule has 1 fully saturated rings. The monoisotopic (exact) mass is 336 g/mol. The van der Waals surface area contributed by atoms with Crippen molar-refractivity contribution in [3.63, 3.8) is 0 Å². The Hall–Kier alpha value is -0.680. The summed E-state index contributed by atoms with van der Waals surface area (Å²) in [6, 6.07) is 4.40. The third kappa shape index (κ3) is 5.22. The van der Waals surface area contributed by atoms with E-state index >= 15 is 0 Å². The molecule has 0 aromatic heterocycles. The second-order valence-electron chi connectivity index (χ2n) is 4.96. The Balaban J connectivity index is 2.28. The molecular formula is C12H18O7P2. The van der Waals surface area contributed by atoms with E-state index in [-0.39, 0.29) is 17.4 Å². The first kappa shape index (κ1) is 16.7. The third-order valence-electron chi connectivity index (χ3n) is 3.43. The van der Waals surface area contributed by atoms with E-state index < -0.39 is 16.4 Å². The van der Waals surface area contributed by atoms with Gasteiger partial charge in [0, 0.05) is 6.07 Å². The zero-order chi connectivity index (χ0) is 15.5. The third-order valence-corrected chi connectivity index (χ3v) is 4.24. The summed E-state index contributed by atoms with van der Waals surface area (Å²) in [6.07, 6.45) is 5.32. The smallest absolute Gasteiger partial charge is 0.427 e. The summed E-state index contributed by atoms with van der Waals surface area (Å²) < 4.78 is 20.4. The molecule has 21 heavy (non-hydrogen) atoms. The van der Waals surface area contributed by atoms with Gasteiger partial charge in [-0.3, -0.25) is 9.79 Å². The Labute approximate surface area is 123 Å². The first-order valence-corrected chi connectivity index (χ1v) is 9.29. The van der Waals surface area contributed by atoms with E-state index in [9.17, 15) is 4.57 Å². The number of phosphoric ester groups is 1. The summed E-state index contributed by atoms with van der Waals surface area (Å²) >= 11 is 0. The molecule has 0 aliphatic heterocycles. The predicted octanol–water partition coefficient (Wildman–Crippen LogP) is 2.80. The zero-order valence-electron chi connectivity index (χ0n) is 11.3. The van der Waals surface area contributed by atoms with Crippen molar-refractivity contribution in [2.24, 2.45) is 0 Å². The van der Waals surface area contributed by atoms with Gasteiger partial charge in [0.2, 0.25) is 0 Å². The topological polar surface area (TPSA) is 116 Å². The molecule has 7 nitrogen and oxygen atoms in total. The maximum Gasteiger partial charge on any atom is 0.524 e. The minimum Gasteiger partial charge on any atom is -0.427 e. The quantitative estimate of drug-likeness (QED) is 0.611. The lowest BCUT2D eigenvalue weighted by Gasteiger charge is -2.24. The highest BCUT2D eigenvalue weighted by molar-refractivity contribution is 7.46. The fraction of sp³-hybridized carbons (Fsp3) is 0.500. The van der Waals surface area contributed by atoms with Crippen molar-refractivity contribution in [1.82, 2.24) is 0 Å². The van der Waals surface area contributed by atoms with Crippen LogP contribution in [-0.2, 0) is 4.57 Å². The normalized spacial score (nSPS) is 17.0. The summed E-state index contributed by atoms with van der Waals surface area (Å²) in [5, 5.41) is 0. The van der Waals surface area contributed by atoms with Gasteiger partial charge in [0.15, 0.2) is 0 Å². The van der Waals surface area contributed by atoms with Crippen molar-refractivity contribution < 1.29 is 33.2 Å². The second kappa shape index (κ2) is 7.05. The van der Waals surface area contributed by atoms with Gasteiger partial charge in [-0.1, -0.05) is 25.3 Å². The van der Waals surface area contributed by atoms with Crippen molar-refractivity contribution in [2.75, 3.05) is 0 Å². The van der Waals surface area contributed by atoms with Gasteiger partial charge < -0.3 is 18.8 Å². The molecule has 0 bridgehead atoms. The highest BCUT2D eigenvalue weighted by Crippen LogP contribution is 2.45. The van der Waals surface area contributed by atoms with Crippen molar-refractivity contribution in [3.8, 4) is 11.5 Å². The van der Waals surface area contributed by atoms with Crippen LogP contribution >= 0.6 is 16.4 Å². The van der Waals surface area contributed by atoms with Crippen LogP contribution in [0.3, 0.4) is 0 Å². The number of hydrogen-bond acceptors (Lipinski definition) is 5. The minimum absolute atomic E-state index is 0.0743. The van der Waals surface area contributed by atoms with E-state index in [1.165, 1.54) is 18.6 Å². The first-order chi connectivity index (χ1) is 9.85. The lowest BCUT2D eigenvalue weighted by molar-refractivity contribution is 0.283. The van der Waals surface area contributed by atoms with Crippen LogP contribution in [0.25, 0.3) is 0 Å². The van der Waals surface area contributed by atoms with Crippen LogP contribution in [0, 0.1) is 0 Å². The molecule has 4 N–H and O–H groups in total. The molecule has 1 aliphatic rings. The first-order valence-electron chi connectivity index (χ1n) is 6.60. The molecule has 0 atom stereocenters. The molecule has 0 saturated heterocycles. The fourth-order valence-electron chi connectivity index (χ4n) is 2.63. The van der Waals surface area contributed by atoms with Gasteiger partial charge in [0.25, 0.3) is 0 Å². The average Bonchev–Trinajstić information content (AvgIpc) is 2.37. The van der Waals surface area contributed by atoms with Crippen LogP contribution in [0.2, 0.25) is 0 Å². The molecule has 0 amide bonds. The van der Waals surface area contributed by atoms with Crippen LogP contribution in [-0.4, -0.2) is 19.6 Å². The molecule has 0 heterocycles. The van der Waals surface area contributed by atoms with Gasteiger partial charge in [-0.25, -0.2) is 4.57 Å². The van der Waals surface area contributed by atoms with Crippen LogP contribution in [0.5, 0.6) is 11.5 Å². The molecule has 2 rings (SSSR count). The van der Waals surface area contributed by atoms with E-state index in [1.54, 1.807) is 6.07 Å². The van der Waals surface area contributed by atoms with E-state index in [4.69, 9.17) is 24.1 Å². The molecular weight excluding hydrogens is 318 g/mol. The summed E-state index contributed by atoms with van der Waals surface area (Å²) in [5.74, 6) is 0.367. The van der Waals surface area contributed by atoms with Crippen LogP contribution in [0.15, 0.2) is 18.2 Å². The zero-order valence-corrected chi connectivity index (χ0v) is 13.0. The molecule has 1 aromatic rings. The summed E-state index contributed by atoms with van der Waals surface area (Å²) in [6.45, 7) is 0. The summed E-state index contributed by atoms with van der Waals surface area (Å²) in [5.41, 5.74) is 0.809. The van der Waals surface area contributed by atoms with Gasteiger partial charge in [0.1, 0.15) is 11.5 Å². The number of phosphoric acid groups is 1. The van der Waals surface area contributed by atoms with Crippen molar-refractivity contribution >= 4 is 16.4 Å². The van der Waals surface area contributed by atoms with Gasteiger partial charge >= 0.3 is 16.4 Å². The van der Waals surface area contributed by atoms with E-state index in [1.807, 2.05) is 0 Å². The summed E-state index contributed by atoms with van der Waals surface area (Å²) in [4.78, 5) is 35.7. The van der Waals surface area contributed by atoms with Crippen molar-refractivity contribution in [1.29, 1.82) is 0 Å². The molecule has 0 radical (unpaired) electrons. The van der Waals surface area contributed by atoms with E-state index in [2.05, 4.69) is 4.52 Å². The Morgan fingerprint density at radius 2 is 1.81 bits per heavy atom. The van der Waals surface area contributed by atoms with Gasteiger partial charge in [0.05, 0.1) is 0 Å². The minimum atomic E-state index is -4.66. The van der Waals surface area contributed by atoms with Crippen LogP contribution in [0.4, 0.5) is 0 Å². The van der Waals surface area contributed by atoms with Crippen LogP contribution < -0.4 is 9.05 Å². The maximum absolute atomic E-state index is 10.9. The standard InChI is InChI=1S/C12H18O7P2/c13-20(14)18-12-8-10(19-21(15,16)17)6-7-11(12)9-4-2-1-3-5-9/h6-9,13-14H,1-5H2,(H2,15,16,17). The lowest BCUT2D eigenvalue weighted by Crippen LogP contribution is -2.06. The lowest BCUT2D eigenvalue weighted by atomic mass is 9.84. The molecule has 9 heteroatoms. The van der Waals surface area contributed by atoms with Gasteiger partial charge in [-0.2, -0.15) is 0 Å². The number of rotatable bonds is 5. The van der Waals surface area contributed by atoms with Gasteiger partial charge in [-0.15, -0.1) is 0 Å². The van der Waals surface area contributed by atoms with E-state index in [0.29, 0.717) is 0 Å². The Morgan fingerprint density at radius 3 is 2.38 bits per heavy atom. The summed E-state index contributed by atoms with van der Waals surface area (Å²) in [7, 11) is -7.27. The van der Waals surface area contributed by atoms with Crippen molar-refractivity contribution in [3.05, 3.63) is 23.8 Å².